The first-order valence-corrected chi connectivity index (χ1v) is 30.9. The summed E-state index contributed by atoms with van der Waals surface area (Å²) in [6.07, 6.45) is 2.59. The third-order valence-corrected chi connectivity index (χ3v) is 16.7. The lowest BCUT2D eigenvalue weighted by Gasteiger charge is -2.35. The van der Waals surface area contributed by atoms with Gasteiger partial charge in [-0.25, -0.2) is 22.7 Å². The minimum atomic E-state index is -4.18. The van der Waals surface area contributed by atoms with Crippen molar-refractivity contribution in [3.8, 4) is 5.75 Å². The molecule has 2 heterocycles. The molecule has 0 saturated carbocycles. The number of benzene rings is 3. The molecule has 1 atom stereocenters. The smallest absolute Gasteiger partial charge is 0.345 e. The highest BCUT2D eigenvalue weighted by atomic mass is 32.2. The van der Waals surface area contributed by atoms with Crippen molar-refractivity contribution in [2.75, 3.05) is 90.8 Å². The summed E-state index contributed by atoms with van der Waals surface area (Å²) in [7, 11) is -6.30. The van der Waals surface area contributed by atoms with Crippen molar-refractivity contribution in [2.45, 2.75) is 84.6 Å². The average Bonchev–Trinajstić information content (AvgIpc) is 3.68. The van der Waals surface area contributed by atoms with Crippen LogP contribution in [0.2, 0.25) is 0 Å². The topological polar surface area (TPSA) is 290 Å². The number of carbonyl (C=O) groups is 5. The Bertz CT molecular complexity index is 3110. The number of hydroxylamine groups is 2. The quantitative estimate of drug-likeness (QED) is 0.00882. The van der Waals surface area contributed by atoms with E-state index in [1.165, 1.54) is 0 Å². The van der Waals surface area contributed by atoms with Crippen molar-refractivity contribution >= 4 is 81.7 Å². The van der Waals surface area contributed by atoms with E-state index in [0.717, 1.165) is 5.06 Å². The zero-order valence-corrected chi connectivity index (χ0v) is 47.7. The van der Waals surface area contributed by atoms with E-state index in [1.807, 2.05) is 62.1 Å². The predicted octanol–water partition coefficient (Wildman–Crippen LogP) is 3.90. The first kappa shape index (κ1) is 62.9. The van der Waals surface area contributed by atoms with Gasteiger partial charge in [-0.2, -0.15) is 21.4 Å². The molecule has 428 valence electrons. The van der Waals surface area contributed by atoms with Crippen molar-refractivity contribution in [3.05, 3.63) is 95.2 Å². The van der Waals surface area contributed by atoms with Crippen LogP contribution in [0.3, 0.4) is 0 Å². The largest absolute Gasteiger partial charge is 0.422 e. The van der Waals surface area contributed by atoms with Gasteiger partial charge in [0, 0.05) is 82.2 Å². The molecule has 5 rings (SSSR count). The fourth-order valence-electron chi connectivity index (χ4n) is 9.53. The molecule has 25 heteroatoms. The molecule has 22 nitrogen and oxygen atoms in total. The van der Waals surface area contributed by atoms with E-state index in [-0.39, 0.29) is 93.0 Å². The number of quaternary nitrogens is 2. The third kappa shape index (κ3) is 19.8. The highest BCUT2D eigenvalue weighted by Gasteiger charge is 2.30. The van der Waals surface area contributed by atoms with Crippen molar-refractivity contribution in [1.82, 2.24) is 20.4 Å². The monoisotopic (exact) mass is 1150 g/mol. The highest BCUT2D eigenvalue weighted by Crippen LogP contribution is 2.30. The van der Waals surface area contributed by atoms with E-state index in [9.17, 15) is 53.8 Å². The Kier molecular flexibility index (Phi) is 22.4. The molecule has 1 fully saturated rings. The number of hydrogen-bond acceptors (Lipinski definition) is 13. The summed E-state index contributed by atoms with van der Waals surface area (Å²) in [5.74, 6) is -2.88. The second-order valence-electron chi connectivity index (χ2n) is 20.8. The molecule has 0 bridgehead atoms. The Morgan fingerprint density at radius 1 is 0.692 bits per heavy atom. The van der Waals surface area contributed by atoms with Crippen LogP contribution < -0.4 is 24.7 Å². The molecule has 78 heavy (non-hydrogen) atoms. The highest BCUT2D eigenvalue weighted by molar-refractivity contribution is 7.89. The maximum atomic E-state index is 14.4. The summed E-state index contributed by atoms with van der Waals surface area (Å²) < 4.78 is 101. The van der Waals surface area contributed by atoms with Gasteiger partial charge in [-0.1, -0.05) is 30.8 Å². The van der Waals surface area contributed by atoms with Crippen LogP contribution in [0.4, 0.5) is 0 Å². The van der Waals surface area contributed by atoms with E-state index in [2.05, 4.69) is 21.9 Å². The molecule has 0 aliphatic carbocycles. The van der Waals surface area contributed by atoms with Gasteiger partial charge in [0.05, 0.1) is 99.7 Å². The summed E-state index contributed by atoms with van der Waals surface area (Å²) in [5.41, 5.74) is 3.54. The van der Waals surface area contributed by atoms with Gasteiger partial charge in [-0.05, 0) is 62.1 Å². The second kappa shape index (κ2) is 27.8. The Labute approximate surface area is 457 Å². The molecule has 5 N–H and O–H groups in total. The van der Waals surface area contributed by atoms with E-state index in [1.54, 1.807) is 38.1 Å². The van der Waals surface area contributed by atoms with Gasteiger partial charge in [0.2, 0.25) is 27.0 Å². The maximum absolute atomic E-state index is 14.4. The Balaban J connectivity index is 1.15. The van der Waals surface area contributed by atoms with E-state index >= 15 is 0 Å². The van der Waals surface area contributed by atoms with Gasteiger partial charge in [-0.3, -0.25) is 23.5 Å². The summed E-state index contributed by atoms with van der Waals surface area (Å²) in [6, 6.07) is 17.9. The SMILES string of the molecule is C=C1CCC(=O)N1OC(=O)CCCC(=O)NCCC[N+](C)(CCCNC(=O)c1cc(C)c(OC(=O)c2c3ccccc3[n+](CCCS(=O)(=O)NCC[N+](C)(C)CCCS(=O)(=O)O)c3ccccc23)c(C)c1)CCCS(=O)(=O)O. The van der Waals surface area contributed by atoms with Gasteiger partial charge < -0.3 is 29.2 Å². The van der Waals surface area contributed by atoms with Gasteiger partial charge in [0.25, 0.3) is 32.1 Å². The van der Waals surface area contributed by atoms with Crippen LogP contribution in [0.15, 0.2) is 72.9 Å². The standard InChI is InChI=1S/C53H73N7O15S3/c1-39-37-42(52(64)55-26-13-31-60(6,32-16-36-78(71,72)73)30-12-25-54-47(61)21-11-22-49(63)75-58-41(3)23-24-48(58)62)38-40(2)51(39)74-53(65)50-43-17-7-9-19-45(43)57(46-20-10-8-18-44(46)50)28-14-34-76(66,67)56-27-33-59(4,5)29-15-35-77(68,69)70/h7-10,17-20,37-38,56H,3,11-16,21-36H2,1-2,4-6H3,(H-3,54,55,61,64,68,69,70,71,72,73)/p+3. The lowest BCUT2D eigenvalue weighted by molar-refractivity contribution is -0.909. The van der Waals surface area contributed by atoms with Crippen LogP contribution in [0, 0.1) is 13.8 Å². The first-order chi connectivity index (χ1) is 36.6. The Morgan fingerprint density at radius 2 is 1.24 bits per heavy atom. The van der Waals surface area contributed by atoms with Crippen molar-refractivity contribution in [2.24, 2.45) is 0 Å². The number of fused-ring (bicyclic) bond motifs is 2. The fourth-order valence-corrected chi connectivity index (χ4v) is 11.6. The second-order valence-corrected chi connectivity index (χ2v) is 25.9. The minimum Gasteiger partial charge on any atom is -0.422 e. The summed E-state index contributed by atoms with van der Waals surface area (Å²) >= 11 is 0. The normalized spacial score (nSPS) is 14.2. The summed E-state index contributed by atoms with van der Waals surface area (Å²) in [5, 5.41) is 7.88. The lowest BCUT2D eigenvalue weighted by atomic mass is 10.0. The molecule has 1 aliphatic rings. The van der Waals surface area contributed by atoms with Crippen LogP contribution >= 0.6 is 0 Å². The summed E-state index contributed by atoms with van der Waals surface area (Å²) in [4.78, 5) is 69.5. The number of amides is 3. The van der Waals surface area contributed by atoms with Crippen LogP contribution in [-0.4, -0.2) is 169 Å². The number of hydrogen-bond donors (Lipinski definition) is 5. The number of aromatic nitrogens is 1. The van der Waals surface area contributed by atoms with E-state index < -0.39 is 48.0 Å². The molecule has 0 radical (unpaired) electrons. The number of likely N-dealkylation sites (N-methyl/N-ethyl adjacent to an activating group) is 1. The number of allylic oxidation sites excluding steroid dienone is 1. The van der Waals surface area contributed by atoms with E-state index in [0.29, 0.717) is 124 Å². The average molecular weight is 1150 g/mol. The molecule has 1 aliphatic heterocycles. The number of aryl methyl sites for hydroxylation is 3. The van der Waals surface area contributed by atoms with Gasteiger partial charge in [0.1, 0.15) is 5.75 Å². The molecule has 3 amide bonds. The fraction of sp³-hybridized carbons (Fsp3) is 0.509. The predicted molar refractivity (Wildman–Crippen MR) is 293 cm³/mol. The molecule has 3 aromatic carbocycles. The van der Waals surface area contributed by atoms with Gasteiger partial charge in [0.15, 0.2) is 6.54 Å². The van der Waals surface area contributed by atoms with E-state index in [4.69, 9.17) is 14.1 Å². The Hall–Kier alpha value is -5.93. The number of esters is 1. The van der Waals surface area contributed by atoms with Crippen molar-refractivity contribution in [1.29, 1.82) is 0 Å². The number of pyridine rings is 1. The number of rotatable bonds is 32. The zero-order chi connectivity index (χ0) is 57.5. The number of ether oxygens (including phenoxy) is 1. The molecular weight excluding hydrogens is 1070 g/mol. The molecule has 4 aromatic rings. The zero-order valence-electron chi connectivity index (χ0n) is 45.3. The molecule has 0 spiro atoms. The van der Waals surface area contributed by atoms with Crippen LogP contribution in [0.1, 0.15) is 96.1 Å². The summed E-state index contributed by atoms with van der Waals surface area (Å²) in [6.45, 7) is 10.6. The van der Waals surface area contributed by atoms with Crippen LogP contribution in [0.25, 0.3) is 21.8 Å². The molecule has 1 unspecified atom stereocenters. The molecular formula is C53H76N7O15S3+3. The maximum Gasteiger partial charge on any atom is 0.345 e. The first-order valence-electron chi connectivity index (χ1n) is 26.0. The number of sulfonamides is 1. The van der Waals surface area contributed by atoms with Crippen LogP contribution in [0.5, 0.6) is 5.75 Å². The minimum absolute atomic E-state index is 0.0590. The lowest BCUT2D eigenvalue weighted by Crippen LogP contribution is -2.48. The van der Waals surface area contributed by atoms with Gasteiger partial charge >= 0.3 is 11.9 Å². The van der Waals surface area contributed by atoms with Crippen LogP contribution in [-0.2, 0) is 56.0 Å². The molecule has 1 saturated heterocycles. The number of nitrogens with one attached hydrogen (secondary N) is 3. The Morgan fingerprint density at radius 3 is 1.81 bits per heavy atom. The van der Waals surface area contributed by atoms with Crippen molar-refractivity contribution in [3.63, 3.8) is 0 Å². The number of nitrogens with zero attached hydrogens (tertiary/aromatic N) is 4. The third-order valence-electron chi connectivity index (χ3n) is 13.6. The molecule has 1 aromatic heterocycles. The van der Waals surface area contributed by atoms with Crippen molar-refractivity contribution < 1.29 is 81.4 Å². The number of para-hydroxylation sites is 2. The van der Waals surface area contributed by atoms with Gasteiger partial charge in [-0.15, -0.1) is 5.06 Å². The number of carbonyl (C=O) groups excluding carboxylic acids is 5.